The average molecular weight is 365 g/mol. The fourth-order valence-corrected chi connectivity index (χ4v) is 2.94. The van der Waals surface area contributed by atoms with Crippen LogP contribution in [-0.2, 0) is 0 Å². The summed E-state index contributed by atoms with van der Waals surface area (Å²) in [4.78, 5) is 24.1. The third kappa shape index (κ3) is 3.03. The number of fused-ring (bicyclic) bond motifs is 2. The van der Waals surface area contributed by atoms with Crippen LogP contribution < -0.4 is 15.4 Å². The Bertz CT molecular complexity index is 1130. The SMILES string of the molecule is COc1cc2[nH]ncc2cc1Nc1ncnc2[nH]cc(C(=O)NC(C)C)c12. The predicted molar refractivity (Wildman–Crippen MR) is 102 cm³/mol. The molecule has 27 heavy (non-hydrogen) atoms. The fourth-order valence-electron chi connectivity index (χ4n) is 2.94. The highest BCUT2D eigenvalue weighted by Crippen LogP contribution is 2.33. The molecule has 3 heterocycles. The molecule has 3 aromatic heterocycles. The van der Waals surface area contributed by atoms with Crippen molar-refractivity contribution in [2.75, 3.05) is 12.4 Å². The van der Waals surface area contributed by atoms with E-state index in [9.17, 15) is 4.79 Å². The van der Waals surface area contributed by atoms with Crippen LogP contribution in [0, 0.1) is 0 Å². The van der Waals surface area contributed by atoms with Crippen molar-refractivity contribution in [3.63, 3.8) is 0 Å². The molecule has 0 radical (unpaired) electrons. The first-order chi connectivity index (χ1) is 13.1. The molecule has 4 N–H and O–H groups in total. The maximum atomic E-state index is 12.5. The van der Waals surface area contributed by atoms with Crippen molar-refractivity contribution in [3.8, 4) is 5.75 Å². The van der Waals surface area contributed by atoms with Crippen molar-refractivity contribution in [1.82, 2.24) is 30.5 Å². The van der Waals surface area contributed by atoms with Gasteiger partial charge >= 0.3 is 0 Å². The number of ether oxygens (including phenoxy) is 1. The van der Waals surface area contributed by atoms with Gasteiger partial charge in [0.25, 0.3) is 5.91 Å². The van der Waals surface area contributed by atoms with Gasteiger partial charge < -0.3 is 20.4 Å². The third-order valence-corrected chi connectivity index (χ3v) is 4.15. The summed E-state index contributed by atoms with van der Waals surface area (Å²) < 4.78 is 5.48. The molecule has 0 fully saturated rings. The molecular formula is C18H19N7O2. The molecule has 138 valence electrons. The molecule has 9 heteroatoms. The van der Waals surface area contributed by atoms with Crippen LogP contribution in [0.1, 0.15) is 24.2 Å². The standard InChI is InChI=1S/C18H19N7O2/c1-9(2)23-18(26)11-7-19-16-15(11)17(21-8-20-16)24-13-4-10-6-22-25-12(10)5-14(13)27-3/h4-9H,1-3H3,(H,22,25)(H,23,26)(H2,19,20,21,24). The Labute approximate surface area is 154 Å². The minimum Gasteiger partial charge on any atom is -0.494 e. The van der Waals surface area contributed by atoms with E-state index in [-0.39, 0.29) is 11.9 Å². The summed E-state index contributed by atoms with van der Waals surface area (Å²) in [6.07, 6.45) is 4.81. The fraction of sp³-hybridized carbons (Fsp3) is 0.222. The van der Waals surface area contributed by atoms with Crippen LogP contribution in [0.25, 0.3) is 21.9 Å². The van der Waals surface area contributed by atoms with Crippen LogP contribution >= 0.6 is 0 Å². The Morgan fingerprint density at radius 2 is 2.11 bits per heavy atom. The largest absolute Gasteiger partial charge is 0.494 e. The van der Waals surface area contributed by atoms with E-state index in [1.807, 2.05) is 26.0 Å². The van der Waals surface area contributed by atoms with Gasteiger partial charge in [-0.1, -0.05) is 0 Å². The predicted octanol–water partition coefficient (Wildman–Crippen LogP) is 2.72. The van der Waals surface area contributed by atoms with Gasteiger partial charge in [-0.15, -0.1) is 0 Å². The van der Waals surface area contributed by atoms with E-state index in [0.29, 0.717) is 33.9 Å². The molecule has 0 aliphatic heterocycles. The van der Waals surface area contributed by atoms with E-state index in [4.69, 9.17) is 4.74 Å². The van der Waals surface area contributed by atoms with E-state index in [0.717, 1.165) is 10.9 Å². The number of H-pyrrole nitrogens is 2. The lowest BCUT2D eigenvalue weighted by Crippen LogP contribution is -2.29. The highest BCUT2D eigenvalue weighted by molar-refractivity contribution is 6.10. The van der Waals surface area contributed by atoms with E-state index in [1.54, 1.807) is 19.5 Å². The molecule has 9 nitrogen and oxygen atoms in total. The third-order valence-electron chi connectivity index (χ3n) is 4.15. The molecule has 1 aromatic carbocycles. The quantitative estimate of drug-likeness (QED) is 0.431. The van der Waals surface area contributed by atoms with Crippen LogP contribution in [0.3, 0.4) is 0 Å². The van der Waals surface area contributed by atoms with Gasteiger partial charge in [0, 0.05) is 23.7 Å². The summed E-state index contributed by atoms with van der Waals surface area (Å²) >= 11 is 0. The molecule has 4 aromatic rings. The zero-order valence-electron chi connectivity index (χ0n) is 15.1. The second-order valence-electron chi connectivity index (χ2n) is 6.41. The van der Waals surface area contributed by atoms with Crippen molar-refractivity contribution < 1.29 is 9.53 Å². The van der Waals surface area contributed by atoms with Crippen LogP contribution in [-0.4, -0.2) is 44.2 Å². The smallest absolute Gasteiger partial charge is 0.253 e. The number of hydrogen-bond acceptors (Lipinski definition) is 6. The lowest BCUT2D eigenvalue weighted by Gasteiger charge is -2.12. The molecule has 0 aliphatic carbocycles. The number of aromatic amines is 2. The van der Waals surface area contributed by atoms with Crippen molar-refractivity contribution >= 4 is 39.3 Å². The number of carbonyl (C=O) groups is 1. The van der Waals surface area contributed by atoms with Gasteiger partial charge in [0.05, 0.1) is 35.5 Å². The Balaban J connectivity index is 1.80. The number of nitrogens with zero attached hydrogens (tertiary/aromatic N) is 3. The molecule has 4 rings (SSSR count). The topological polar surface area (TPSA) is 121 Å². The van der Waals surface area contributed by atoms with Crippen LogP contribution in [0.15, 0.2) is 30.9 Å². The summed E-state index contributed by atoms with van der Waals surface area (Å²) in [6.45, 7) is 3.82. The van der Waals surface area contributed by atoms with Crippen LogP contribution in [0.2, 0.25) is 0 Å². The summed E-state index contributed by atoms with van der Waals surface area (Å²) in [5, 5.41) is 14.7. The highest BCUT2D eigenvalue weighted by Gasteiger charge is 2.18. The summed E-state index contributed by atoms with van der Waals surface area (Å²) in [7, 11) is 1.59. The lowest BCUT2D eigenvalue weighted by molar-refractivity contribution is 0.0945. The minimum absolute atomic E-state index is 0.0204. The maximum absolute atomic E-state index is 12.5. The van der Waals surface area contributed by atoms with E-state index < -0.39 is 0 Å². The molecule has 0 spiro atoms. The van der Waals surface area contributed by atoms with E-state index in [1.165, 1.54) is 6.33 Å². The van der Waals surface area contributed by atoms with Crippen molar-refractivity contribution in [2.24, 2.45) is 0 Å². The van der Waals surface area contributed by atoms with Gasteiger partial charge in [-0.25, -0.2) is 9.97 Å². The first-order valence-corrected chi connectivity index (χ1v) is 8.48. The highest BCUT2D eigenvalue weighted by atomic mass is 16.5. The Morgan fingerprint density at radius 3 is 2.89 bits per heavy atom. The molecule has 0 aliphatic rings. The van der Waals surface area contributed by atoms with E-state index >= 15 is 0 Å². The van der Waals surface area contributed by atoms with Gasteiger partial charge in [-0.05, 0) is 19.9 Å². The molecule has 0 atom stereocenters. The number of anilines is 2. The normalized spacial score (nSPS) is 11.3. The number of rotatable bonds is 5. The summed E-state index contributed by atoms with van der Waals surface area (Å²) in [5.74, 6) is 0.949. The summed E-state index contributed by atoms with van der Waals surface area (Å²) in [6, 6.07) is 3.78. The van der Waals surface area contributed by atoms with Crippen molar-refractivity contribution in [1.29, 1.82) is 0 Å². The first kappa shape index (κ1) is 16.8. The van der Waals surface area contributed by atoms with Crippen molar-refractivity contribution in [3.05, 3.63) is 36.4 Å². The molecule has 0 unspecified atom stereocenters. The molecule has 0 saturated heterocycles. The molecule has 0 saturated carbocycles. The van der Waals surface area contributed by atoms with Gasteiger partial charge in [0.1, 0.15) is 23.5 Å². The van der Waals surface area contributed by atoms with Gasteiger partial charge in [0.2, 0.25) is 0 Å². The van der Waals surface area contributed by atoms with Gasteiger partial charge in [-0.3, -0.25) is 9.89 Å². The van der Waals surface area contributed by atoms with Crippen LogP contribution in [0.5, 0.6) is 5.75 Å². The Morgan fingerprint density at radius 1 is 1.26 bits per heavy atom. The monoisotopic (exact) mass is 365 g/mol. The summed E-state index contributed by atoms with van der Waals surface area (Å²) in [5.41, 5.74) is 2.63. The number of benzene rings is 1. The second-order valence-corrected chi connectivity index (χ2v) is 6.41. The molecular weight excluding hydrogens is 346 g/mol. The zero-order chi connectivity index (χ0) is 19.0. The molecule has 1 amide bonds. The number of methoxy groups -OCH3 is 1. The Hall–Kier alpha value is -3.62. The number of hydrogen-bond donors (Lipinski definition) is 4. The number of carbonyl (C=O) groups excluding carboxylic acids is 1. The second kappa shape index (κ2) is 6.60. The van der Waals surface area contributed by atoms with Gasteiger partial charge in [-0.2, -0.15) is 5.10 Å². The minimum atomic E-state index is -0.189. The first-order valence-electron chi connectivity index (χ1n) is 8.48. The van der Waals surface area contributed by atoms with Gasteiger partial charge in [0.15, 0.2) is 0 Å². The van der Waals surface area contributed by atoms with Crippen molar-refractivity contribution in [2.45, 2.75) is 19.9 Å². The van der Waals surface area contributed by atoms with E-state index in [2.05, 4.69) is 35.8 Å². The van der Waals surface area contributed by atoms with Crippen LogP contribution in [0.4, 0.5) is 11.5 Å². The number of amides is 1. The average Bonchev–Trinajstić information content (AvgIpc) is 3.27. The lowest BCUT2D eigenvalue weighted by atomic mass is 10.2. The Kier molecular flexibility index (Phi) is 4.11. The maximum Gasteiger partial charge on any atom is 0.253 e. The molecule has 0 bridgehead atoms. The number of aromatic nitrogens is 5. The zero-order valence-corrected chi connectivity index (χ0v) is 15.1. The number of nitrogens with one attached hydrogen (secondary N) is 4.